The van der Waals surface area contributed by atoms with E-state index in [0.717, 1.165) is 17.5 Å². The molecule has 0 aromatic heterocycles. The highest BCUT2D eigenvalue weighted by molar-refractivity contribution is 5.85. The van der Waals surface area contributed by atoms with E-state index in [1.165, 1.54) is 12.1 Å². The summed E-state index contributed by atoms with van der Waals surface area (Å²) in [6.07, 6.45) is 0.894. The van der Waals surface area contributed by atoms with Crippen LogP contribution in [0.4, 0.5) is 4.39 Å². The van der Waals surface area contributed by atoms with Crippen LogP contribution in [0, 0.1) is 11.7 Å². The van der Waals surface area contributed by atoms with E-state index in [4.69, 9.17) is 5.73 Å². The second-order valence-electron chi connectivity index (χ2n) is 7.05. The molecule has 2 N–H and O–H groups in total. The normalized spacial score (nSPS) is 21.8. The van der Waals surface area contributed by atoms with Gasteiger partial charge in [0.25, 0.3) is 0 Å². The fourth-order valence-electron chi connectivity index (χ4n) is 3.69. The van der Waals surface area contributed by atoms with Crippen molar-refractivity contribution in [2.75, 3.05) is 6.54 Å². The summed E-state index contributed by atoms with van der Waals surface area (Å²) in [6.45, 7) is 4.64. The molecule has 1 aliphatic heterocycles. The Morgan fingerprint density at radius 2 is 1.77 bits per heavy atom. The van der Waals surface area contributed by atoms with Crippen LogP contribution in [0.5, 0.6) is 0 Å². The molecule has 4 atom stereocenters. The smallest absolute Gasteiger partial charge is 0.227 e. The van der Waals surface area contributed by atoms with Crippen LogP contribution in [0.15, 0.2) is 54.6 Å². The van der Waals surface area contributed by atoms with Gasteiger partial charge in [-0.25, -0.2) is 4.39 Å². The third-order valence-corrected chi connectivity index (χ3v) is 5.31. The molecule has 3 rings (SSSR count). The Kier molecular flexibility index (Phi) is 6.79. The fourth-order valence-corrected chi connectivity index (χ4v) is 3.69. The van der Waals surface area contributed by atoms with Crippen LogP contribution >= 0.6 is 12.4 Å². The minimum atomic E-state index is -0.314. The second-order valence-corrected chi connectivity index (χ2v) is 7.05. The van der Waals surface area contributed by atoms with Crippen LogP contribution in [0.1, 0.15) is 43.4 Å². The number of amides is 1. The quantitative estimate of drug-likeness (QED) is 0.865. The Morgan fingerprint density at radius 1 is 1.15 bits per heavy atom. The highest BCUT2D eigenvalue weighted by Gasteiger charge is 2.36. The van der Waals surface area contributed by atoms with Crippen molar-refractivity contribution in [2.24, 2.45) is 11.7 Å². The number of nitrogens with zero attached hydrogens (tertiary/aromatic N) is 1. The van der Waals surface area contributed by atoms with E-state index < -0.39 is 0 Å². The zero-order valence-electron chi connectivity index (χ0n) is 15.1. The number of hydrogen-bond donors (Lipinski definition) is 1. The maximum Gasteiger partial charge on any atom is 0.227 e. The van der Waals surface area contributed by atoms with Crippen molar-refractivity contribution in [1.29, 1.82) is 0 Å². The van der Waals surface area contributed by atoms with E-state index in [2.05, 4.69) is 6.92 Å². The highest BCUT2D eigenvalue weighted by Crippen LogP contribution is 2.34. The molecule has 2 aromatic rings. The number of hydrogen-bond acceptors (Lipinski definition) is 2. The van der Waals surface area contributed by atoms with Gasteiger partial charge in [0.1, 0.15) is 5.82 Å². The van der Waals surface area contributed by atoms with Crippen LogP contribution < -0.4 is 5.73 Å². The third kappa shape index (κ3) is 4.25. The van der Waals surface area contributed by atoms with Gasteiger partial charge in [0.05, 0.1) is 5.92 Å². The molecule has 140 valence electrons. The summed E-state index contributed by atoms with van der Waals surface area (Å²) in [4.78, 5) is 14.9. The Morgan fingerprint density at radius 3 is 2.38 bits per heavy atom. The van der Waals surface area contributed by atoms with Crippen LogP contribution in [-0.4, -0.2) is 23.4 Å². The van der Waals surface area contributed by atoms with E-state index >= 15 is 0 Å². The molecule has 1 saturated heterocycles. The van der Waals surface area contributed by atoms with Crippen LogP contribution in [-0.2, 0) is 4.79 Å². The van der Waals surface area contributed by atoms with Crippen LogP contribution in [0.25, 0.3) is 0 Å². The number of halogens is 2. The van der Waals surface area contributed by atoms with Crippen molar-refractivity contribution in [2.45, 2.75) is 38.3 Å². The maximum atomic E-state index is 13.1. The molecule has 4 unspecified atom stereocenters. The molecule has 2 aromatic carbocycles. The fraction of sp³-hybridized carbons (Fsp3) is 0.381. The summed E-state index contributed by atoms with van der Waals surface area (Å²) < 4.78 is 13.1. The number of carbonyl (C=O) groups is 1. The lowest BCUT2D eigenvalue weighted by Gasteiger charge is -2.28. The summed E-state index contributed by atoms with van der Waals surface area (Å²) >= 11 is 0. The highest BCUT2D eigenvalue weighted by atomic mass is 35.5. The SMILES string of the molecule is CC(C(=O)N1CC(c2ccc(F)cc2)CC1C)C(N)c1ccccc1.Cl. The molecule has 0 radical (unpaired) electrons. The second kappa shape index (κ2) is 8.65. The van der Waals surface area contributed by atoms with Crippen molar-refractivity contribution < 1.29 is 9.18 Å². The Bertz CT molecular complexity index is 723. The maximum absolute atomic E-state index is 13.1. The lowest BCUT2D eigenvalue weighted by Crippen LogP contribution is -2.41. The zero-order chi connectivity index (χ0) is 18.0. The van der Waals surface area contributed by atoms with Crippen LogP contribution in [0.2, 0.25) is 0 Å². The summed E-state index contributed by atoms with van der Waals surface area (Å²) in [6, 6.07) is 16.2. The molecule has 0 saturated carbocycles. The summed E-state index contributed by atoms with van der Waals surface area (Å²) in [7, 11) is 0. The lowest BCUT2D eigenvalue weighted by molar-refractivity contribution is -0.136. The standard InChI is InChI=1S/C21H25FN2O.ClH/c1-14-12-18(16-8-10-19(22)11-9-16)13-24(14)21(25)15(2)20(23)17-6-4-3-5-7-17;/h3-11,14-15,18,20H,12-13,23H2,1-2H3;1H. The van der Waals surface area contributed by atoms with Gasteiger partial charge in [-0.1, -0.05) is 49.4 Å². The first-order valence-corrected chi connectivity index (χ1v) is 8.84. The number of benzene rings is 2. The molecule has 1 aliphatic rings. The van der Waals surface area contributed by atoms with Gasteiger partial charge in [0, 0.05) is 24.5 Å². The first-order chi connectivity index (χ1) is 12.0. The van der Waals surface area contributed by atoms with Crippen molar-refractivity contribution in [1.82, 2.24) is 4.90 Å². The summed E-state index contributed by atoms with van der Waals surface area (Å²) in [5.41, 5.74) is 8.39. The Hall–Kier alpha value is -1.91. The Balaban J connectivity index is 0.00000243. The number of carbonyl (C=O) groups excluding carboxylic acids is 1. The van der Waals surface area contributed by atoms with Gasteiger partial charge >= 0.3 is 0 Å². The predicted octanol–water partition coefficient (Wildman–Crippen LogP) is 4.29. The van der Waals surface area contributed by atoms with Gasteiger partial charge in [-0.15, -0.1) is 12.4 Å². The first-order valence-electron chi connectivity index (χ1n) is 8.84. The third-order valence-electron chi connectivity index (χ3n) is 5.31. The van der Waals surface area contributed by atoms with E-state index in [-0.39, 0.29) is 48.1 Å². The molecular formula is C21H26ClFN2O. The van der Waals surface area contributed by atoms with Crippen molar-refractivity contribution >= 4 is 18.3 Å². The zero-order valence-corrected chi connectivity index (χ0v) is 16.0. The molecule has 1 fully saturated rings. The molecule has 26 heavy (non-hydrogen) atoms. The molecule has 3 nitrogen and oxygen atoms in total. The number of rotatable bonds is 4. The van der Waals surface area contributed by atoms with Gasteiger partial charge in [-0.05, 0) is 36.6 Å². The minimum Gasteiger partial charge on any atom is -0.339 e. The van der Waals surface area contributed by atoms with Crippen molar-refractivity contribution in [3.63, 3.8) is 0 Å². The van der Waals surface area contributed by atoms with Crippen molar-refractivity contribution in [3.8, 4) is 0 Å². The number of nitrogens with two attached hydrogens (primary N) is 1. The van der Waals surface area contributed by atoms with Crippen molar-refractivity contribution in [3.05, 3.63) is 71.5 Å². The van der Waals surface area contributed by atoms with Gasteiger partial charge in [-0.2, -0.15) is 0 Å². The van der Waals surface area contributed by atoms with Crippen LogP contribution in [0.3, 0.4) is 0 Å². The van der Waals surface area contributed by atoms with Gasteiger partial charge in [0.2, 0.25) is 5.91 Å². The van der Waals surface area contributed by atoms with Gasteiger partial charge in [0.15, 0.2) is 0 Å². The van der Waals surface area contributed by atoms with E-state index in [9.17, 15) is 9.18 Å². The Labute approximate surface area is 160 Å². The molecule has 1 heterocycles. The minimum absolute atomic E-state index is 0. The molecule has 1 amide bonds. The summed E-state index contributed by atoms with van der Waals surface area (Å²) in [5, 5.41) is 0. The van der Waals surface area contributed by atoms with E-state index in [1.54, 1.807) is 0 Å². The largest absolute Gasteiger partial charge is 0.339 e. The van der Waals surface area contributed by atoms with E-state index in [0.29, 0.717) is 6.54 Å². The monoisotopic (exact) mass is 376 g/mol. The molecule has 0 bridgehead atoms. The summed E-state index contributed by atoms with van der Waals surface area (Å²) in [5.74, 6) is -0.171. The van der Waals surface area contributed by atoms with Gasteiger partial charge < -0.3 is 10.6 Å². The molecule has 5 heteroatoms. The van der Waals surface area contributed by atoms with E-state index in [1.807, 2.05) is 54.3 Å². The van der Waals surface area contributed by atoms with Gasteiger partial charge in [-0.3, -0.25) is 4.79 Å². The average Bonchev–Trinajstić information content (AvgIpc) is 3.03. The molecule has 0 spiro atoms. The topological polar surface area (TPSA) is 46.3 Å². The predicted molar refractivity (Wildman–Crippen MR) is 105 cm³/mol. The lowest BCUT2D eigenvalue weighted by atomic mass is 9.94. The number of likely N-dealkylation sites (tertiary alicyclic amines) is 1. The first kappa shape index (κ1) is 20.4. The average molecular weight is 377 g/mol. The molecular weight excluding hydrogens is 351 g/mol. The molecule has 0 aliphatic carbocycles.